The van der Waals surface area contributed by atoms with Crippen molar-refractivity contribution in [2.75, 3.05) is 6.61 Å². The van der Waals surface area contributed by atoms with E-state index in [4.69, 9.17) is 14.6 Å². The molecular weight excluding hydrogens is 324 g/mol. The summed E-state index contributed by atoms with van der Waals surface area (Å²) >= 11 is 0. The van der Waals surface area contributed by atoms with Crippen LogP contribution in [0.15, 0.2) is 18.2 Å². The molecule has 4 atom stereocenters. The van der Waals surface area contributed by atoms with Gasteiger partial charge in [0.25, 0.3) is 0 Å². The van der Waals surface area contributed by atoms with Crippen molar-refractivity contribution < 1.29 is 33.0 Å². The van der Waals surface area contributed by atoms with Crippen LogP contribution in [0.4, 0.5) is 8.78 Å². The second-order valence-electron chi connectivity index (χ2n) is 5.90. The Labute approximate surface area is 136 Å². The van der Waals surface area contributed by atoms with Gasteiger partial charge in [-0.3, -0.25) is 4.79 Å². The van der Waals surface area contributed by atoms with Gasteiger partial charge in [-0.15, -0.1) is 0 Å². The van der Waals surface area contributed by atoms with Crippen LogP contribution in [-0.2, 0) is 19.1 Å². The molecule has 24 heavy (non-hydrogen) atoms. The molecule has 3 rings (SSSR count). The van der Waals surface area contributed by atoms with Gasteiger partial charge in [0.05, 0.1) is 6.04 Å². The number of carboxylic acid groups (broad SMARTS) is 1. The Kier molecular flexibility index (Phi) is 4.77. The van der Waals surface area contributed by atoms with Crippen molar-refractivity contribution in [2.24, 2.45) is 0 Å². The van der Waals surface area contributed by atoms with Crippen molar-refractivity contribution in [2.45, 2.75) is 43.6 Å². The van der Waals surface area contributed by atoms with Crippen molar-refractivity contribution in [3.63, 3.8) is 0 Å². The van der Waals surface area contributed by atoms with Gasteiger partial charge in [-0.1, -0.05) is 6.07 Å². The van der Waals surface area contributed by atoms with Gasteiger partial charge in [0.2, 0.25) is 5.91 Å². The second kappa shape index (κ2) is 6.82. The third-order valence-electron chi connectivity index (χ3n) is 4.28. The molecule has 2 N–H and O–H groups in total. The molecule has 0 bridgehead atoms. The zero-order valence-corrected chi connectivity index (χ0v) is 12.7. The molecular formula is C16H17F2NO5. The topological polar surface area (TPSA) is 84.9 Å². The highest BCUT2D eigenvalue weighted by Crippen LogP contribution is 2.30. The summed E-state index contributed by atoms with van der Waals surface area (Å²) in [7, 11) is 0. The molecule has 0 radical (unpaired) electrons. The van der Waals surface area contributed by atoms with E-state index in [9.17, 15) is 18.4 Å². The number of hydrogen-bond donors (Lipinski definition) is 2. The molecule has 8 heteroatoms. The third-order valence-corrected chi connectivity index (χ3v) is 4.28. The Balaban J connectivity index is 1.64. The molecule has 1 amide bonds. The Bertz CT molecular complexity index is 653. The molecule has 0 aromatic heterocycles. The first-order valence-electron chi connectivity index (χ1n) is 7.71. The fourth-order valence-corrected chi connectivity index (χ4v) is 3.04. The summed E-state index contributed by atoms with van der Waals surface area (Å²) in [6.07, 6.45) is -1.25. The fourth-order valence-electron chi connectivity index (χ4n) is 3.04. The van der Waals surface area contributed by atoms with Crippen molar-refractivity contribution >= 4 is 11.9 Å². The molecule has 0 aliphatic carbocycles. The number of halogens is 2. The highest BCUT2D eigenvalue weighted by Gasteiger charge is 2.38. The normalized spacial score (nSPS) is 29.6. The molecule has 0 saturated carbocycles. The van der Waals surface area contributed by atoms with Gasteiger partial charge in [0, 0.05) is 6.61 Å². The lowest BCUT2D eigenvalue weighted by molar-refractivity contribution is -0.152. The Morgan fingerprint density at radius 3 is 2.54 bits per heavy atom. The largest absolute Gasteiger partial charge is 0.479 e. The number of hydrogen-bond acceptors (Lipinski definition) is 4. The molecule has 1 aromatic carbocycles. The lowest BCUT2D eigenvalue weighted by atomic mass is 10.0. The monoisotopic (exact) mass is 341 g/mol. The predicted molar refractivity (Wildman–Crippen MR) is 77.1 cm³/mol. The Morgan fingerprint density at radius 2 is 1.88 bits per heavy atom. The summed E-state index contributed by atoms with van der Waals surface area (Å²) in [5.74, 6) is -3.43. The van der Waals surface area contributed by atoms with Gasteiger partial charge >= 0.3 is 5.97 Å². The molecule has 1 aromatic rings. The van der Waals surface area contributed by atoms with Gasteiger partial charge in [-0.05, 0) is 37.0 Å². The van der Waals surface area contributed by atoms with Crippen LogP contribution in [0.1, 0.15) is 30.9 Å². The maximum Gasteiger partial charge on any atom is 0.332 e. The van der Waals surface area contributed by atoms with Crippen LogP contribution in [0.2, 0.25) is 0 Å². The SMILES string of the molecule is O=C(NC1CCOC1c1ccc(F)c(F)c1)[C@@H]1CC[C@H](C(=O)O)O1. The third kappa shape index (κ3) is 3.39. The number of nitrogens with one attached hydrogen (secondary N) is 1. The van der Waals surface area contributed by atoms with E-state index < -0.39 is 47.9 Å². The van der Waals surface area contributed by atoms with Gasteiger partial charge in [0.15, 0.2) is 17.7 Å². The number of benzene rings is 1. The van der Waals surface area contributed by atoms with Gasteiger partial charge in [-0.2, -0.15) is 0 Å². The maximum absolute atomic E-state index is 13.4. The molecule has 0 spiro atoms. The molecule has 2 aliphatic rings. The summed E-state index contributed by atoms with van der Waals surface area (Å²) in [5.41, 5.74) is 0.437. The van der Waals surface area contributed by atoms with E-state index in [1.54, 1.807) is 0 Å². The van der Waals surface area contributed by atoms with Gasteiger partial charge in [-0.25, -0.2) is 13.6 Å². The fraction of sp³-hybridized carbons (Fsp3) is 0.500. The van der Waals surface area contributed by atoms with E-state index in [0.717, 1.165) is 12.1 Å². The van der Waals surface area contributed by atoms with Crippen LogP contribution in [-0.4, -0.2) is 41.8 Å². The number of carbonyl (C=O) groups excluding carboxylic acids is 1. The molecule has 2 aliphatic heterocycles. The first kappa shape index (κ1) is 16.8. The van der Waals surface area contributed by atoms with Crippen LogP contribution in [0.5, 0.6) is 0 Å². The summed E-state index contributed by atoms with van der Waals surface area (Å²) in [6, 6.07) is 3.08. The number of ether oxygens (including phenoxy) is 2. The van der Waals surface area contributed by atoms with Crippen molar-refractivity contribution in [3.8, 4) is 0 Å². The number of amides is 1. The molecule has 2 saturated heterocycles. The van der Waals surface area contributed by atoms with E-state index >= 15 is 0 Å². The van der Waals surface area contributed by atoms with Crippen molar-refractivity contribution in [3.05, 3.63) is 35.4 Å². The quantitative estimate of drug-likeness (QED) is 0.868. The highest BCUT2D eigenvalue weighted by molar-refractivity contribution is 5.83. The van der Waals surface area contributed by atoms with Crippen molar-refractivity contribution in [1.29, 1.82) is 0 Å². The Morgan fingerprint density at radius 1 is 1.12 bits per heavy atom. The minimum Gasteiger partial charge on any atom is -0.479 e. The standard InChI is InChI=1S/C16H17F2NO5/c17-9-2-1-8(7-10(9)18)14-11(5-6-23-14)19-15(20)12-3-4-13(24-12)16(21)22/h1-2,7,11-14H,3-6H2,(H,19,20)(H,21,22)/t11?,12-,13+,14?/m0/s1. The summed E-state index contributed by atoms with van der Waals surface area (Å²) in [5, 5.41) is 11.7. The van der Waals surface area contributed by atoms with Crippen LogP contribution in [0, 0.1) is 11.6 Å². The minimum absolute atomic E-state index is 0.279. The van der Waals surface area contributed by atoms with Crippen LogP contribution >= 0.6 is 0 Å². The van der Waals surface area contributed by atoms with E-state index in [1.165, 1.54) is 6.07 Å². The number of rotatable bonds is 4. The molecule has 2 unspecified atom stereocenters. The first-order chi connectivity index (χ1) is 11.5. The molecule has 6 nitrogen and oxygen atoms in total. The van der Waals surface area contributed by atoms with E-state index in [-0.39, 0.29) is 6.42 Å². The number of carbonyl (C=O) groups is 2. The van der Waals surface area contributed by atoms with E-state index in [2.05, 4.69) is 5.32 Å². The van der Waals surface area contributed by atoms with Crippen LogP contribution in [0.25, 0.3) is 0 Å². The zero-order valence-electron chi connectivity index (χ0n) is 12.7. The van der Waals surface area contributed by atoms with E-state index in [1.807, 2.05) is 0 Å². The van der Waals surface area contributed by atoms with Crippen LogP contribution in [0.3, 0.4) is 0 Å². The predicted octanol–water partition coefficient (Wildman–Crippen LogP) is 1.54. The summed E-state index contributed by atoms with van der Waals surface area (Å²) in [6.45, 7) is 0.373. The lowest BCUT2D eigenvalue weighted by Crippen LogP contribution is -2.43. The van der Waals surface area contributed by atoms with Crippen LogP contribution < -0.4 is 5.32 Å². The average Bonchev–Trinajstić information content (AvgIpc) is 3.19. The molecule has 130 valence electrons. The second-order valence-corrected chi connectivity index (χ2v) is 5.90. The zero-order chi connectivity index (χ0) is 17.3. The summed E-state index contributed by atoms with van der Waals surface area (Å²) < 4.78 is 37.2. The Hall–Kier alpha value is -2.06. The molecule has 2 fully saturated rings. The first-order valence-corrected chi connectivity index (χ1v) is 7.71. The lowest BCUT2D eigenvalue weighted by Gasteiger charge is -2.22. The minimum atomic E-state index is -1.09. The summed E-state index contributed by atoms with van der Waals surface area (Å²) in [4.78, 5) is 23.1. The number of carboxylic acids is 1. The molecule has 2 heterocycles. The average molecular weight is 341 g/mol. The maximum atomic E-state index is 13.4. The van der Waals surface area contributed by atoms with E-state index in [0.29, 0.717) is 25.0 Å². The van der Waals surface area contributed by atoms with Crippen molar-refractivity contribution in [1.82, 2.24) is 5.32 Å². The van der Waals surface area contributed by atoms with Gasteiger partial charge < -0.3 is 19.9 Å². The number of aliphatic carboxylic acids is 1. The van der Waals surface area contributed by atoms with Gasteiger partial charge in [0.1, 0.15) is 12.2 Å². The smallest absolute Gasteiger partial charge is 0.332 e. The highest BCUT2D eigenvalue weighted by atomic mass is 19.2.